The van der Waals surface area contributed by atoms with Crippen LogP contribution in [-0.2, 0) is 6.42 Å². The lowest BCUT2D eigenvalue weighted by atomic mass is 9.97. The summed E-state index contributed by atoms with van der Waals surface area (Å²) in [6, 6.07) is 10.6. The molecular formula is C16H16Cl2FN. The van der Waals surface area contributed by atoms with Crippen molar-refractivity contribution in [2.24, 2.45) is 0 Å². The molecule has 2 aromatic rings. The smallest absolute Gasteiger partial charge is 0.127 e. The topological polar surface area (TPSA) is 12.0 Å². The Labute approximate surface area is 128 Å². The van der Waals surface area contributed by atoms with Gasteiger partial charge in [0.1, 0.15) is 5.82 Å². The van der Waals surface area contributed by atoms with E-state index in [1.807, 2.05) is 32.2 Å². The van der Waals surface area contributed by atoms with E-state index in [0.717, 1.165) is 16.1 Å². The fourth-order valence-corrected chi connectivity index (χ4v) is 2.63. The van der Waals surface area contributed by atoms with Crippen LogP contribution in [0.2, 0.25) is 10.0 Å². The second kappa shape index (κ2) is 6.57. The molecular weight excluding hydrogens is 296 g/mol. The Morgan fingerprint density at radius 2 is 1.95 bits per heavy atom. The summed E-state index contributed by atoms with van der Waals surface area (Å²) >= 11 is 12.1. The van der Waals surface area contributed by atoms with Gasteiger partial charge in [-0.05, 0) is 49.2 Å². The SMILES string of the molecule is CNC(Cc1ccc(Cl)cc1F)c1cccc(C)c1Cl. The van der Waals surface area contributed by atoms with Gasteiger partial charge < -0.3 is 5.32 Å². The third kappa shape index (κ3) is 3.32. The summed E-state index contributed by atoms with van der Waals surface area (Å²) in [6.07, 6.45) is 0.517. The van der Waals surface area contributed by atoms with Crippen molar-refractivity contribution in [3.63, 3.8) is 0 Å². The van der Waals surface area contributed by atoms with E-state index in [9.17, 15) is 4.39 Å². The van der Waals surface area contributed by atoms with E-state index < -0.39 is 0 Å². The maximum Gasteiger partial charge on any atom is 0.127 e. The highest BCUT2D eigenvalue weighted by molar-refractivity contribution is 6.32. The summed E-state index contributed by atoms with van der Waals surface area (Å²) in [7, 11) is 1.84. The zero-order valence-electron chi connectivity index (χ0n) is 11.4. The van der Waals surface area contributed by atoms with Gasteiger partial charge in [0.25, 0.3) is 0 Å². The number of nitrogens with one attached hydrogen (secondary N) is 1. The average molecular weight is 312 g/mol. The first kappa shape index (κ1) is 15.3. The van der Waals surface area contributed by atoms with Crippen molar-refractivity contribution >= 4 is 23.2 Å². The maximum atomic E-state index is 13.9. The van der Waals surface area contributed by atoms with E-state index in [4.69, 9.17) is 23.2 Å². The molecule has 0 heterocycles. The van der Waals surface area contributed by atoms with Crippen LogP contribution in [0.15, 0.2) is 36.4 Å². The summed E-state index contributed by atoms with van der Waals surface area (Å²) in [5.74, 6) is -0.290. The first-order valence-electron chi connectivity index (χ1n) is 6.39. The number of likely N-dealkylation sites (N-methyl/N-ethyl adjacent to an activating group) is 1. The molecule has 0 aromatic heterocycles. The molecule has 0 radical (unpaired) electrons. The summed E-state index contributed by atoms with van der Waals surface area (Å²) in [4.78, 5) is 0. The second-order valence-electron chi connectivity index (χ2n) is 4.76. The molecule has 1 nitrogen and oxygen atoms in total. The molecule has 20 heavy (non-hydrogen) atoms. The van der Waals surface area contributed by atoms with Crippen molar-refractivity contribution < 1.29 is 4.39 Å². The van der Waals surface area contributed by atoms with Gasteiger partial charge in [-0.25, -0.2) is 4.39 Å². The maximum absolute atomic E-state index is 13.9. The highest BCUT2D eigenvalue weighted by Crippen LogP contribution is 2.29. The Hall–Kier alpha value is -1.09. The molecule has 0 aliphatic rings. The van der Waals surface area contributed by atoms with Crippen LogP contribution < -0.4 is 5.32 Å². The fourth-order valence-electron chi connectivity index (χ4n) is 2.21. The number of aryl methyl sites for hydroxylation is 1. The Morgan fingerprint density at radius 3 is 2.60 bits per heavy atom. The van der Waals surface area contributed by atoms with Gasteiger partial charge in [0.2, 0.25) is 0 Å². The van der Waals surface area contributed by atoms with Gasteiger partial charge in [0, 0.05) is 16.1 Å². The summed E-state index contributed by atoms with van der Waals surface area (Å²) in [5.41, 5.74) is 2.61. The van der Waals surface area contributed by atoms with Crippen molar-refractivity contribution in [3.05, 3.63) is 69.0 Å². The minimum atomic E-state index is -0.290. The predicted octanol–water partition coefficient (Wildman–Crippen LogP) is 4.94. The molecule has 0 aliphatic heterocycles. The Kier molecular flexibility index (Phi) is 5.03. The van der Waals surface area contributed by atoms with E-state index in [-0.39, 0.29) is 11.9 Å². The number of rotatable bonds is 4. The first-order valence-corrected chi connectivity index (χ1v) is 7.14. The van der Waals surface area contributed by atoms with Crippen molar-refractivity contribution in [1.29, 1.82) is 0 Å². The molecule has 1 N–H and O–H groups in total. The van der Waals surface area contributed by atoms with Crippen molar-refractivity contribution in [2.75, 3.05) is 7.05 Å². The molecule has 106 valence electrons. The van der Waals surface area contributed by atoms with Gasteiger partial charge in [0.05, 0.1) is 0 Å². The number of benzene rings is 2. The van der Waals surface area contributed by atoms with Crippen molar-refractivity contribution in [2.45, 2.75) is 19.4 Å². The largest absolute Gasteiger partial charge is 0.313 e. The van der Waals surface area contributed by atoms with Crippen LogP contribution in [0.3, 0.4) is 0 Å². The molecule has 0 bridgehead atoms. The van der Waals surface area contributed by atoms with E-state index in [1.54, 1.807) is 12.1 Å². The molecule has 2 aromatic carbocycles. The molecule has 0 amide bonds. The Bertz CT molecular complexity index is 613. The predicted molar refractivity (Wildman–Crippen MR) is 83.1 cm³/mol. The zero-order chi connectivity index (χ0) is 14.7. The zero-order valence-corrected chi connectivity index (χ0v) is 12.9. The minimum absolute atomic E-state index is 0.0434. The van der Waals surface area contributed by atoms with Gasteiger partial charge >= 0.3 is 0 Å². The third-order valence-electron chi connectivity index (χ3n) is 3.38. The van der Waals surface area contributed by atoms with E-state index in [1.165, 1.54) is 6.07 Å². The minimum Gasteiger partial charge on any atom is -0.313 e. The Morgan fingerprint density at radius 1 is 1.20 bits per heavy atom. The number of hydrogen-bond donors (Lipinski definition) is 1. The van der Waals surface area contributed by atoms with E-state index >= 15 is 0 Å². The first-order chi connectivity index (χ1) is 9.52. The van der Waals surface area contributed by atoms with Gasteiger partial charge in [-0.15, -0.1) is 0 Å². The highest BCUT2D eigenvalue weighted by Gasteiger charge is 2.16. The van der Waals surface area contributed by atoms with E-state index in [2.05, 4.69) is 5.32 Å². The standard InChI is InChI=1S/C16H16Cl2FN/c1-10-4-3-5-13(16(10)18)15(20-2)8-11-6-7-12(17)9-14(11)19/h3-7,9,15,20H,8H2,1-2H3. The second-order valence-corrected chi connectivity index (χ2v) is 5.57. The molecule has 0 fully saturated rings. The molecule has 2 rings (SSSR count). The lowest BCUT2D eigenvalue weighted by molar-refractivity contribution is 0.554. The summed E-state index contributed by atoms with van der Waals surface area (Å²) in [6.45, 7) is 1.96. The molecule has 4 heteroatoms. The molecule has 0 aliphatic carbocycles. The van der Waals surface area contributed by atoms with Crippen LogP contribution in [-0.4, -0.2) is 7.05 Å². The van der Waals surface area contributed by atoms with Crippen LogP contribution in [0.25, 0.3) is 0 Å². The van der Waals surface area contributed by atoms with Crippen LogP contribution in [0, 0.1) is 12.7 Å². The molecule has 0 saturated heterocycles. The van der Waals surface area contributed by atoms with Crippen LogP contribution in [0.5, 0.6) is 0 Å². The van der Waals surface area contributed by atoms with E-state index in [0.29, 0.717) is 17.0 Å². The average Bonchev–Trinajstić information content (AvgIpc) is 2.42. The number of halogens is 3. The van der Waals surface area contributed by atoms with Crippen LogP contribution >= 0.6 is 23.2 Å². The van der Waals surface area contributed by atoms with Crippen LogP contribution in [0.1, 0.15) is 22.7 Å². The van der Waals surface area contributed by atoms with Gasteiger partial charge in [-0.2, -0.15) is 0 Å². The Balaban J connectivity index is 2.31. The molecule has 1 atom stereocenters. The lowest BCUT2D eigenvalue weighted by Gasteiger charge is -2.19. The summed E-state index contributed by atoms with van der Waals surface area (Å²) < 4.78 is 13.9. The fraction of sp³-hybridized carbons (Fsp3) is 0.250. The van der Waals surface area contributed by atoms with Crippen molar-refractivity contribution in [3.8, 4) is 0 Å². The van der Waals surface area contributed by atoms with Crippen molar-refractivity contribution in [1.82, 2.24) is 5.32 Å². The quantitative estimate of drug-likeness (QED) is 0.843. The normalized spacial score (nSPS) is 12.4. The highest BCUT2D eigenvalue weighted by atomic mass is 35.5. The lowest BCUT2D eigenvalue weighted by Crippen LogP contribution is -2.20. The molecule has 0 saturated carbocycles. The van der Waals surface area contributed by atoms with Gasteiger partial charge in [-0.3, -0.25) is 0 Å². The number of hydrogen-bond acceptors (Lipinski definition) is 1. The van der Waals surface area contributed by atoms with Gasteiger partial charge in [-0.1, -0.05) is 47.5 Å². The molecule has 0 spiro atoms. The monoisotopic (exact) mass is 311 g/mol. The molecule has 1 unspecified atom stereocenters. The van der Waals surface area contributed by atoms with Gasteiger partial charge in [0.15, 0.2) is 0 Å². The van der Waals surface area contributed by atoms with Crippen LogP contribution in [0.4, 0.5) is 4.39 Å². The third-order valence-corrected chi connectivity index (χ3v) is 4.14. The summed E-state index contributed by atoms with van der Waals surface area (Å²) in [5, 5.41) is 4.32.